The van der Waals surface area contributed by atoms with Crippen LogP contribution >= 0.6 is 0 Å². The number of hydrogen-bond donors (Lipinski definition) is 2. The van der Waals surface area contributed by atoms with Gasteiger partial charge in [0.1, 0.15) is 11.1 Å². The summed E-state index contributed by atoms with van der Waals surface area (Å²) in [5.41, 5.74) is 7.19. The van der Waals surface area contributed by atoms with Gasteiger partial charge in [-0.15, -0.1) is 9.46 Å². The predicted molar refractivity (Wildman–Crippen MR) is 60.4 cm³/mol. The fraction of sp³-hybridized carbons (Fsp3) is 0.200. The number of anilines is 2. The molecule has 0 radical (unpaired) electrons. The Morgan fingerprint density at radius 2 is 2.12 bits per heavy atom. The highest BCUT2D eigenvalue weighted by Gasteiger charge is 2.16. The maximum Gasteiger partial charge on any atom is 0.430 e. The zero-order valence-corrected chi connectivity index (χ0v) is 8.80. The molecule has 2 rings (SSSR count). The predicted octanol–water partition coefficient (Wildman–Crippen LogP) is 0.121. The number of nitrogens with zero attached hydrogens (tertiary/aromatic N) is 2. The maximum atomic E-state index is 11.6. The van der Waals surface area contributed by atoms with Gasteiger partial charge in [0, 0.05) is 6.54 Å². The molecular formula is C10H12N4O2. The summed E-state index contributed by atoms with van der Waals surface area (Å²) in [6, 6.07) is 3.39. The van der Waals surface area contributed by atoms with E-state index in [2.05, 4.69) is 5.32 Å². The van der Waals surface area contributed by atoms with E-state index in [0.717, 1.165) is 6.33 Å². The molecule has 6 heteroatoms. The van der Waals surface area contributed by atoms with Crippen molar-refractivity contribution in [2.75, 3.05) is 17.6 Å². The summed E-state index contributed by atoms with van der Waals surface area (Å²) >= 11 is 0. The first-order valence-corrected chi connectivity index (χ1v) is 4.91. The first-order chi connectivity index (χ1) is 7.63. The molecule has 0 saturated heterocycles. The van der Waals surface area contributed by atoms with Crippen LogP contribution in [0.2, 0.25) is 0 Å². The number of nitrogen functional groups attached to an aromatic ring is 1. The van der Waals surface area contributed by atoms with Gasteiger partial charge in [-0.1, -0.05) is 0 Å². The van der Waals surface area contributed by atoms with Gasteiger partial charge in [-0.3, -0.25) is 0 Å². The largest absolute Gasteiger partial charge is 0.614 e. The Labute approximate surface area is 92.1 Å². The maximum absolute atomic E-state index is 11.6. The van der Waals surface area contributed by atoms with Gasteiger partial charge in [0.15, 0.2) is 0 Å². The summed E-state index contributed by atoms with van der Waals surface area (Å²) in [4.78, 5) is 0. The van der Waals surface area contributed by atoms with Crippen molar-refractivity contribution < 1.29 is 9.46 Å². The fourth-order valence-electron chi connectivity index (χ4n) is 1.65. The minimum Gasteiger partial charge on any atom is -0.614 e. The van der Waals surface area contributed by atoms with Crippen LogP contribution in [0.15, 0.2) is 24.7 Å². The lowest BCUT2D eigenvalue weighted by molar-refractivity contribution is -0.730. The van der Waals surface area contributed by atoms with Gasteiger partial charge >= 0.3 is 6.33 Å². The molecule has 0 spiro atoms. The van der Waals surface area contributed by atoms with Crippen LogP contribution in [-0.4, -0.2) is 6.54 Å². The lowest BCUT2D eigenvalue weighted by Gasteiger charge is -2.08. The Bertz CT molecular complexity index is 542. The van der Waals surface area contributed by atoms with Crippen LogP contribution in [0.25, 0.3) is 10.9 Å². The molecule has 1 aromatic carbocycles. The molecule has 1 aromatic heterocycles. The van der Waals surface area contributed by atoms with Crippen molar-refractivity contribution in [3.63, 3.8) is 0 Å². The number of aromatic nitrogens is 2. The van der Waals surface area contributed by atoms with Crippen molar-refractivity contribution in [1.29, 1.82) is 0 Å². The van der Waals surface area contributed by atoms with E-state index in [1.165, 1.54) is 6.20 Å². The van der Waals surface area contributed by atoms with E-state index in [1.807, 2.05) is 6.92 Å². The van der Waals surface area contributed by atoms with Gasteiger partial charge in [-0.2, -0.15) is 0 Å². The lowest BCUT2D eigenvalue weighted by atomic mass is 10.2. The summed E-state index contributed by atoms with van der Waals surface area (Å²) in [5, 5.41) is 26.3. The highest BCUT2D eigenvalue weighted by Crippen LogP contribution is 2.23. The minimum atomic E-state index is 0.383. The third-order valence-corrected chi connectivity index (χ3v) is 2.31. The molecule has 0 aliphatic heterocycles. The quantitative estimate of drug-likeness (QED) is 0.427. The minimum absolute atomic E-state index is 0.383. The summed E-state index contributed by atoms with van der Waals surface area (Å²) in [7, 11) is 0. The van der Waals surface area contributed by atoms with E-state index < -0.39 is 0 Å². The van der Waals surface area contributed by atoms with Crippen molar-refractivity contribution in [2.24, 2.45) is 0 Å². The van der Waals surface area contributed by atoms with Crippen LogP contribution < -0.4 is 20.5 Å². The first-order valence-electron chi connectivity index (χ1n) is 4.91. The normalized spacial score (nSPS) is 10.6. The summed E-state index contributed by atoms with van der Waals surface area (Å²) < 4.78 is 0.970. The van der Waals surface area contributed by atoms with Crippen molar-refractivity contribution in [3.8, 4) is 0 Å². The number of nitrogens with one attached hydrogen (secondary N) is 1. The smallest absolute Gasteiger partial charge is 0.430 e. The highest BCUT2D eigenvalue weighted by atomic mass is 16.5. The average molecular weight is 220 g/mol. The molecule has 0 aliphatic rings. The molecule has 6 nitrogen and oxygen atoms in total. The van der Waals surface area contributed by atoms with Gasteiger partial charge in [0.25, 0.3) is 5.52 Å². The Balaban J connectivity index is 2.81. The zero-order chi connectivity index (χ0) is 11.7. The van der Waals surface area contributed by atoms with Crippen molar-refractivity contribution in [3.05, 3.63) is 35.1 Å². The molecule has 0 aliphatic carbocycles. The van der Waals surface area contributed by atoms with Gasteiger partial charge in [-0.25, -0.2) is 0 Å². The van der Waals surface area contributed by atoms with E-state index in [-0.39, 0.29) is 0 Å². The molecule has 2 aromatic rings. The molecule has 84 valence electrons. The van der Waals surface area contributed by atoms with Gasteiger partial charge in [0.2, 0.25) is 6.20 Å². The molecule has 0 saturated carbocycles. The Morgan fingerprint density at radius 1 is 1.38 bits per heavy atom. The third kappa shape index (κ3) is 1.54. The molecule has 0 fully saturated rings. The molecule has 16 heavy (non-hydrogen) atoms. The van der Waals surface area contributed by atoms with E-state index in [0.29, 0.717) is 38.3 Å². The molecule has 1 heterocycles. The van der Waals surface area contributed by atoms with Gasteiger partial charge < -0.3 is 21.5 Å². The second-order valence-corrected chi connectivity index (χ2v) is 3.43. The van der Waals surface area contributed by atoms with Crippen LogP contribution in [0, 0.1) is 10.4 Å². The molecule has 0 unspecified atom stereocenters. The molecule has 3 N–H and O–H groups in total. The van der Waals surface area contributed by atoms with Crippen LogP contribution in [-0.2, 0) is 0 Å². The zero-order valence-electron chi connectivity index (χ0n) is 8.80. The van der Waals surface area contributed by atoms with Crippen LogP contribution in [0.4, 0.5) is 11.4 Å². The van der Waals surface area contributed by atoms with E-state index >= 15 is 0 Å². The third-order valence-electron chi connectivity index (χ3n) is 2.31. The topological polar surface area (TPSA) is 91.9 Å². The van der Waals surface area contributed by atoms with Gasteiger partial charge in [-0.05, 0) is 19.1 Å². The summed E-state index contributed by atoms with van der Waals surface area (Å²) in [6.07, 6.45) is 2.21. The number of benzene rings is 1. The molecular weight excluding hydrogens is 208 g/mol. The van der Waals surface area contributed by atoms with E-state index in [1.54, 1.807) is 12.1 Å². The average Bonchev–Trinajstić information content (AvgIpc) is 2.22. The Kier molecular flexibility index (Phi) is 2.40. The van der Waals surface area contributed by atoms with Crippen molar-refractivity contribution in [1.82, 2.24) is 0 Å². The van der Waals surface area contributed by atoms with Crippen molar-refractivity contribution in [2.45, 2.75) is 6.92 Å². The van der Waals surface area contributed by atoms with Crippen LogP contribution in [0.3, 0.4) is 0 Å². The fourth-order valence-corrected chi connectivity index (χ4v) is 1.65. The number of nitrogens with two attached hydrogens (primary N) is 1. The lowest BCUT2D eigenvalue weighted by Crippen LogP contribution is -2.41. The molecule has 0 bridgehead atoms. The second kappa shape index (κ2) is 3.73. The standard InChI is InChI=1S/C10H12N4O2/c1-2-12-9-4-3-8(11)7-5-13(15)6-14(16)10(7)9/h3-6,12H,2,11H2,1H3. The van der Waals surface area contributed by atoms with Crippen LogP contribution in [0.1, 0.15) is 6.92 Å². The second-order valence-electron chi connectivity index (χ2n) is 3.43. The van der Waals surface area contributed by atoms with Crippen molar-refractivity contribution >= 4 is 22.3 Å². The Morgan fingerprint density at radius 3 is 2.81 bits per heavy atom. The monoisotopic (exact) mass is 220 g/mol. The first kappa shape index (κ1) is 10.3. The number of fused-ring (bicyclic) bond motifs is 1. The SMILES string of the molecule is CCNc1ccc(N)c2c[n+]([O-])c[n+]([O-])c12. The number of rotatable bonds is 2. The van der Waals surface area contributed by atoms with E-state index in [9.17, 15) is 10.4 Å². The summed E-state index contributed by atoms with van der Waals surface area (Å²) in [6.45, 7) is 2.61. The number of hydrogen-bond acceptors (Lipinski definition) is 4. The molecule has 0 amide bonds. The van der Waals surface area contributed by atoms with Gasteiger partial charge in [0.05, 0.1) is 5.69 Å². The molecule has 0 atom stereocenters. The highest BCUT2D eigenvalue weighted by molar-refractivity contribution is 5.95. The van der Waals surface area contributed by atoms with Crippen LogP contribution in [0.5, 0.6) is 0 Å². The Hall–Kier alpha value is -2.24. The van der Waals surface area contributed by atoms with E-state index in [4.69, 9.17) is 5.73 Å². The summed E-state index contributed by atoms with van der Waals surface area (Å²) in [5.74, 6) is 0.